The van der Waals surface area contributed by atoms with Crippen LogP contribution in [-0.2, 0) is 11.3 Å². The number of ether oxygens (including phenoxy) is 1. The van der Waals surface area contributed by atoms with Gasteiger partial charge in [0, 0.05) is 38.2 Å². The fourth-order valence-electron chi connectivity index (χ4n) is 1.78. The maximum Gasteiger partial charge on any atom is 0.192 e. The summed E-state index contributed by atoms with van der Waals surface area (Å²) in [5.41, 5.74) is 0.966. The zero-order chi connectivity index (χ0) is 14.2. The summed E-state index contributed by atoms with van der Waals surface area (Å²) in [4.78, 5) is 4.01. The second-order valence-electron chi connectivity index (χ2n) is 3.99. The molecule has 0 aromatic carbocycles. The minimum atomic E-state index is 0.360. The first-order valence-electron chi connectivity index (χ1n) is 6.19. The van der Waals surface area contributed by atoms with Gasteiger partial charge in [0.25, 0.3) is 0 Å². The Morgan fingerprint density at radius 2 is 2.15 bits per heavy atom. The van der Waals surface area contributed by atoms with Gasteiger partial charge in [-0.2, -0.15) is 5.26 Å². The zero-order valence-corrected chi connectivity index (χ0v) is 12.0. The number of nitrogens with zero attached hydrogens (tertiary/aromatic N) is 5. The Kier molecular flexibility index (Phi) is 5.53. The predicted molar refractivity (Wildman–Crippen MR) is 76.1 cm³/mol. The molecule has 104 valence electrons. The van der Waals surface area contributed by atoms with Crippen molar-refractivity contribution in [2.45, 2.75) is 18.1 Å². The van der Waals surface area contributed by atoms with Gasteiger partial charge >= 0.3 is 0 Å². The largest absolute Gasteiger partial charge is 0.385 e. The van der Waals surface area contributed by atoms with Crippen molar-refractivity contribution in [2.75, 3.05) is 19.5 Å². The topological polar surface area (TPSA) is 76.6 Å². The fraction of sp³-hybridized carbons (Fsp3) is 0.385. The van der Waals surface area contributed by atoms with Crippen LogP contribution in [0, 0.1) is 11.3 Å². The molecule has 0 amide bonds. The van der Waals surface area contributed by atoms with E-state index >= 15 is 0 Å². The first kappa shape index (κ1) is 14.5. The minimum absolute atomic E-state index is 0.360. The lowest BCUT2D eigenvalue weighted by atomic mass is 10.2. The Morgan fingerprint density at radius 3 is 2.85 bits per heavy atom. The van der Waals surface area contributed by atoms with E-state index in [-0.39, 0.29) is 0 Å². The standard InChI is InChI=1S/C13H15N5OS/c1-19-9-2-8-18-12(11-3-6-15-7-4-11)16-17-13(18)20-10-5-14/h3-4,6-7H,2,8-10H2,1H3. The zero-order valence-electron chi connectivity index (χ0n) is 11.2. The average Bonchev–Trinajstić information content (AvgIpc) is 2.89. The average molecular weight is 289 g/mol. The van der Waals surface area contributed by atoms with Crippen molar-refractivity contribution >= 4 is 11.8 Å². The third-order valence-electron chi connectivity index (χ3n) is 2.65. The summed E-state index contributed by atoms with van der Waals surface area (Å²) in [6.07, 6.45) is 4.32. The van der Waals surface area contributed by atoms with E-state index in [1.807, 2.05) is 16.7 Å². The molecule has 2 heterocycles. The Morgan fingerprint density at radius 1 is 1.35 bits per heavy atom. The molecule has 0 bridgehead atoms. The third kappa shape index (κ3) is 3.56. The maximum atomic E-state index is 8.70. The van der Waals surface area contributed by atoms with Gasteiger partial charge in [0.05, 0.1) is 11.8 Å². The van der Waals surface area contributed by atoms with E-state index < -0.39 is 0 Å². The van der Waals surface area contributed by atoms with Gasteiger partial charge in [-0.25, -0.2) is 0 Å². The van der Waals surface area contributed by atoms with Crippen LogP contribution in [0.5, 0.6) is 0 Å². The fourth-order valence-corrected chi connectivity index (χ4v) is 2.40. The molecule has 2 aromatic rings. The van der Waals surface area contributed by atoms with Crippen molar-refractivity contribution in [2.24, 2.45) is 0 Å². The van der Waals surface area contributed by atoms with Crippen molar-refractivity contribution in [1.82, 2.24) is 19.7 Å². The molecule has 0 N–H and O–H groups in total. The normalized spacial score (nSPS) is 10.4. The van der Waals surface area contributed by atoms with E-state index in [1.165, 1.54) is 11.8 Å². The maximum absolute atomic E-state index is 8.70. The molecule has 7 heteroatoms. The lowest BCUT2D eigenvalue weighted by Crippen LogP contribution is -2.05. The third-order valence-corrected chi connectivity index (χ3v) is 3.49. The first-order chi connectivity index (χ1) is 9.86. The Bertz CT molecular complexity index is 578. The van der Waals surface area contributed by atoms with E-state index in [1.54, 1.807) is 19.5 Å². The molecule has 0 aliphatic heterocycles. The van der Waals surface area contributed by atoms with Gasteiger partial charge in [-0.1, -0.05) is 11.8 Å². The summed E-state index contributed by atoms with van der Waals surface area (Å²) in [5, 5.41) is 17.9. The van der Waals surface area contributed by atoms with Gasteiger partial charge in [0.15, 0.2) is 11.0 Å². The van der Waals surface area contributed by atoms with Crippen LogP contribution in [0.15, 0.2) is 29.7 Å². The van der Waals surface area contributed by atoms with Gasteiger partial charge < -0.3 is 9.30 Å². The summed E-state index contributed by atoms with van der Waals surface area (Å²) in [6.45, 7) is 1.43. The SMILES string of the molecule is COCCCn1c(SCC#N)nnc1-c1ccncc1. The van der Waals surface area contributed by atoms with E-state index in [0.717, 1.165) is 29.5 Å². The van der Waals surface area contributed by atoms with Gasteiger partial charge in [-0.15, -0.1) is 10.2 Å². The molecule has 0 spiro atoms. The molecule has 0 radical (unpaired) electrons. The number of pyridine rings is 1. The van der Waals surface area contributed by atoms with Crippen molar-refractivity contribution in [3.63, 3.8) is 0 Å². The van der Waals surface area contributed by atoms with Crippen molar-refractivity contribution in [1.29, 1.82) is 5.26 Å². The number of hydrogen-bond acceptors (Lipinski definition) is 6. The van der Waals surface area contributed by atoms with Crippen LogP contribution in [0.25, 0.3) is 11.4 Å². The summed E-state index contributed by atoms with van der Waals surface area (Å²) in [7, 11) is 1.68. The van der Waals surface area contributed by atoms with Crippen molar-refractivity contribution in [3.8, 4) is 17.5 Å². The second kappa shape index (κ2) is 7.62. The molecule has 0 unspecified atom stereocenters. The highest BCUT2D eigenvalue weighted by Crippen LogP contribution is 2.23. The lowest BCUT2D eigenvalue weighted by molar-refractivity contribution is 0.189. The quantitative estimate of drug-likeness (QED) is 0.573. The van der Waals surface area contributed by atoms with Crippen LogP contribution >= 0.6 is 11.8 Å². The van der Waals surface area contributed by atoms with E-state index in [2.05, 4.69) is 21.3 Å². The number of aromatic nitrogens is 4. The molecule has 0 atom stereocenters. The molecule has 2 rings (SSSR count). The highest BCUT2D eigenvalue weighted by Gasteiger charge is 2.13. The number of methoxy groups -OCH3 is 1. The smallest absolute Gasteiger partial charge is 0.192 e. The van der Waals surface area contributed by atoms with Crippen molar-refractivity contribution < 1.29 is 4.74 Å². The monoisotopic (exact) mass is 289 g/mol. The van der Waals surface area contributed by atoms with Crippen LogP contribution < -0.4 is 0 Å². The molecule has 6 nitrogen and oxygen atoms in total. The van der Waals surface area contributed by atoms with Crippen molar-refractivity contribution in [3.05, 3.63) is 24.5 Å². The summed E-state index contributed by atoms with van der Waals surface area (Å²) in [6, 6.07) is 5.90. The van der Waals surface area contributed by atoms with Gasteiger partial charge in [-0.3, -0.25) is 4.98 Å². The molecular formula is C13H15N5OS. The minimum Gasteiger partial charge on any atom is -0.385 e. The van der Waals surface area contributed by atoms with Gasteiger partial charge in [-0.05, 0) is 18.6 Å². The molecule has 0 saturated heterocycles. The summed E-state index contributed by atoms with van der Waals surface area (Å²) < 4.78 is 7.11. The van der Waals surface area contributed by atoms with E-state index in [9.17, 15) is 0 Å². The first-order valence-corrected chi connectivity index (χ1v) is 7.17. The second-order valence-corrected chi connectivity index (χ2v) is 4.93. The molecular weight excluding hydrogens is 274 g/mol. The number of nitriles is 1. The molecule has 0 aliphatic carbocycles. The van der Waals surface area contributed by atoms with E-state index in [4.69, 9.17) is 10.00 Å². The number of hydrogen-bond donors (Lipinski definition) is 0. The summed E-state index contributed by atoms with van der Waals surface area (Å²) >= 11 is 1.39. The van der Waals surface area contributed by atoms with E-state index in [0.29, 0.717) is 12.4 Å². The molecule has 2 aromatic heterocycles. The van der Waals surface area contributed by atoms with Crippen LogP contribution in [0.3, 0.4) is 0 Å². The Hall–Kier alpha value is -1.91. The molecule has 0 aliphatic rings. The summed E-state index contributed by atoms with van der Waals surface area (Å²) in [5.74, 6) is 1.16. The van der Waals surface area contributed by atoms with Crippen LogP contribution in [0.2, 0.25) is 0 Å². The number of rotatable bonds is 7. The molecule has 0 saturated carbocycles. The Labute approximate surface area is 121 Å². The highest BCUT2D eigenvalue weighted by atomic mass is 32.2. The predicted octanol–water partition coefficient (Wildman–Crippen LogP) is 1.99. The molecule has 0 fully saturated rings. The number of thioether (sulfide) groups is 1. The Balaban J connectivity index is 2.26. The van der Waals surface area contributed by atoms with Crippen LogP contribution in [0.1, 0.15) is 6.42 Å². The lowest BCUT2D eigenvalue weighted by Gasteiger charge is -2.09. The van der Waals surface area contributed by atoms with Gasteiger partial charge in [0.2, 0.25) is 0 Å². The van der Waals surface area contributed by atoms with Crippen LogP contribution in [-0.4, -0.2) is 39.2 Å². The van der Waals surface area contributed by atoms with Crippen LogP contribution in [0.4, 0.5) is 0 Å². The van der Waals surface area contributed by atoms with Gasteiger partial charge in [0.1, 0.15) is 0 Å². The molecule has 20 heavy (non-hydrogen) atoms. The highest BCUT2D eigenvalue weighted by molar-refractivity contribution is 7.99.